The molecule has 2 saturated heterocycles. The van der Waals surface area contributed by atoms with Crippen LogP contribution in [0, 0.1) is 5.82 Å². The van der Waals surface area contributed by atoms with Gasteiger partial charge in [-0.2, -0.15) is 0 Å². The lowest BCUT2D eigenvalue weighted by atomic mass is 10.1. The molecule has 1 atom stereocenters. The van der Waals surface area contributed by atoms with E-state index in [9.17, 15) is 4.39 Å². The first kappa shape index (κ1) is 14.3. The van der Waals surface area contributed by atoms with Gasteiger partial charge in [-0.05, 0) is 43.1 Å². The lowest BCUT2D eigenvalue weighted by molar-refractivity contribution is 0.0993. The average Bonchev–Trinajstić information content (AvgIpc) is 2.93. The van der Waals surface area contributed by atoms with Crippen LogP contribution in [0.4, 0.5) is 4.39 Å². The third-order valence-corrected chi connectivity index (χ3v) is 4.44. The zero-order valence-electron chi connectivity index (χ0n) is 12.0. The Labute approximate surface area is 123 Å². The lowest BCUT2D eigenvalue weighted by Gasteiger charge is -2.37. The molecule has 1 unspecified atom stereocenters. The Bertz CT molecular complexity index is 548. The monoisotopic (exact) mass is 292 g/mol. The molecule has 0 saturated carbocycles. The molecule has 2 aliphatic rings. The summed E-state index contributed by atoms with van der Waals surface area (Å²) < 4.78 is 13.7. The highest BCUT2D eigenvalue weighted by Gasteiger charge is 2.30. The molecule has 0 bridgehead atoms. The van der Waals surface area contributed by atoms with Gasteiger partial charge in [0.25, 0.3) is 0 Å². The van der Waals surface area contributed by atoms with E-state index >= 15 is 0 Å². The first-order chi connectivity index (χ1) is 10.2. The number of nitrogens with zero attached hydrogens (tertiary/aromatic N) is 3. The fourth-order valence-corrected chi connectivity index (χ4v) is 3.40. The van der Waals surface area contributed by atoms with Gasteiger partial charge in [-0.1, -0.05) is 5.16 Å². The van der Waals surface area contributed by atoms with Gasteiger partial charge in [0.2, 0.25) is 0 Å². The number of rotatable bonds is 3. The largest absolute Gasteiger partial charge is 0.409 e. The van der Waals surface area contributed by atoms with Crippen molar-refractivity contribution in [2.75, 3.05) is 26.2 Å². The van der Waals surface area contributed by atoms with Crippen LogP contribution in [0.1, 0.15) is 24.0 Å². The van der Waals surface area contributed by atoms with Crippen molar-refractivity contribution < 1.29 is 9.60 Å². The van der Waals surface area contributed by atoms with E-state index in [0.717, 1.165) is 25.2 Å². The summed E-state index contributed by atoms with van der Waals surface area (Å²) in [5, 5.41) is 11.7. The molecule has 2 fully saturated rings. The highest BCUT2D eigenvalue weighted by atomic mass is 19.1. The molecule has 21 heavy (non-hydrogen) atoms. The second-order valence-corrected chi connectivity index (χ2v) is 5.90. The molecular weight excluding hydrogens is 271 g/mol. The van der Waals surface area contributed by atoms with E-state index in [2.05, 4.69) is 15.0 Å². The molecular formula is C15H21FN4O. The standard InChI is InChI=1S/C15H21FN4O/c16-13-7-11(6-12(8-13)15(17)18-21)9-19-4-5-20-3-1-2-14(20)10-19/h6-8,14,21H,1-5,9-10H2,(H2,17,18). The minimum absolute atomic E-state index is 0.0589. The Morgan fingerprint density at radius 3 is 3.00 bits per heavy atom. The molecule has 6 heteroatoms. The lowest BCUT2D eigenvalue weighted by Crippen LogP contribution is -2.49. The number of oxime groups is 1. The van der Waals surface area contributed by atoms with Gasteiger partial charge >= 0.3 is 0 Å². The Morgan fingerprint density at radius 2 is 2.19 bits per heavy atom. The molecule has 2 heterocycles. The van der Waals surface area contributed by atoms with Gasteiger partial charge in [-0.3, -0.25) is 9.80 Å². The maximum Gasteiger partial charge on any atom is 0.170 e. The summed E-state index contributed by atoms with van der Waals surface area (Å²) in [7, 11) is 0. The Balaban J connectivity index is 1.71. The minimum Gasteiger partial charge on any atom is -0.409 e. The molecule has 1 aromatic carbocycles. The van der Waals surface area contributed by atoms with E-state index in [1.807, 2.05) is 0 Å². The first-order valence-electron chi connectivity index (χ1n) is 7.39. The normalized spacial score (nSPS) is 24.2. The molecule has 0 spiro atoms. The fourth-order valence-electron chi connectivity index (χ4n) is 3.40. The highest BCUT2D eigenvalue weighted by molar-refractivity contribution is 5.97. The summed E-state index contributed by atoms with van der Waals surface area (Å²) in [5.74, 6) is -0.412. The Kier molecular flexibility index (Phi) is 4.07. The van der Waals surface area contributed by atoms with Crippen molar-refractivity contribution in [2.45, 2.75) is 25.4 Å². The average molecular weight is 292 g/mol. The summed E-state index contributed by atoms with van der Waals surface area (Å²) >= 11 is 0. The highest BCUT2D eigenvalue weighted by Crippen LogP contribution is 2.23. The van der Waals surface area contributed by atoms with Crippen LogP contribution in [0.3, 0.4) is 0 Å². The second-order valence-electron chi connectivity index (χ2n) is 5.90. The number of fused-ring (bicyclic) bond motifs is 1. The van der Waals surface area contributed by atoms with Gasteiger partial charge in [0.15, 0.2) is 5.84 Å². The van der Waals surface area contributed by atoms with Crippen LogP contribution in [0.15, 0.2) is 23.4 Å². The zero-order valence-corrected chi connectivity index (χ0v) is 12.0. The Morgan fingerprint density at radius 1 is 1.33 bits per heavy atom. The smallest absolute Gasteiger partial charge is 0.170 e. The van der Waals surface area contributed by atoms with Crippen molar-refractivity contribution in [3.05, 3.63) is 35.1 Å². The number of halogens is 1. The zero-order chi connectivity index (χ0) is 14.8. The van der Waals surface area contributed by atoms with Crippen LogP contribution >= 0.6 is 0 Å². The number of amidine groups is 1. The summed E-state index contributed by atoms with van der Waals surface area (Å²) in [4.78, 5) is 4.90. The minimum atomic E-state index is -0.353. The van der Waals surface area contributed by atoms with Crippen molar-refractivity contribution in [2.24, 2.45) is 10.9 Å². The quantitative estimate of drug-likeness (QED) is 0.380. The SMILES string of the molecule is N/C(=N/O)c1cc(F)cc(CN2CCN3CCCC3C2)c1. The molecule has 0 radical (unpaired) electrons. The maximum absolute atomic E-state index is 13.7. The van der Waals surface area contributed by atoms with Crippen LogP contribution < -0.4 is 5.73 Å². The van der Waals surface area contributed by atoms with Crippen molar-refractivity contribution >= 4 is 5.84 Å². The number of hydrogen-bond donors (Lipinski definition) is 2. The van der Waals surface area contributed by atoms with E-state index in [4.69, 9.17) is 10.9 Å². The predicted octanol–water partition coefficient (Wildman–Crippen LogP) is 1.20. The molecule has 1 aromatic rings. The van der Waals surface area contributed by atoms with Crippen molar-refractivity contribution in [3.8, 4) is 0 Å². The van der Waals surface area contributed by atoms with Crippen LogP contribution in [0.2, 0.25) is 0 Å². The summed E-state index contributed by atoms with van der Waals surface area (Å²) in [6.07, 6.45) is 2.54. The van der Waals surface area contributed by atoms with Crippen molar-refractivity contribution in [1.29, 1.82) is 0 Å². The van der Waals surface area contributed by atoms with Gasteiger partial charge in [-0.25, -0.2) is 4.39 Å². The van der Waals surface area contributed by atoms with Crippen molar-refractivity contribution in [1.82, 2.24) is 9.80 Å². The second kappa shape index (κ2) is 5.99. The van der Waals surface area contributed by atoms with E-state index in [-0.39, 0.29) is 11.7 Å². The van der Waals surface area contributed by atoms with E-state index in [1.54, 1.807) is 6.07 Å². The molecule has 0 aromatic heterocycles. The molecule has 0 aliphatic carbocycles. The maximum atomic E-state index is 13.7. The molecule has 5 nitrogen and oxygen atoms in total. The van der Waals surface area contributed by atoms with Crippen LogP contribution in [-0.4, -0.2) is 53.1 Å². The third kappa shape index (κ3) is 3.16. The van der Waals surface area contributed by atoms with E-state index < -0.39 is 0 Å². The number of hydrogen-bond acceptors (Lipinski definition) is 4. The molecule has 114 valence electrons. The summed E-state index contributed by atoms with van der Waals surface area (Å²) in [6, 6.07) is 5.25. The first-order valence-corrected chi connectivity index (χ1v) is 7.39. The summed E-state index contributed by atoms with van der Waals surface area (Å²) in [5.41, 5.74) is 6.84. The number of piperazine rings is 1. The molecule has 3 rings (SSSR count). The van der Waals surface area contributed by atoms with Crippen molar-refractivity contribution in [3.63, 3.8) is 0 Å². The van der Waals surface area contributed by atoms with Crippen LogP contribution in [-0.2, 0) is 6.54 Å². The van der Waals surface area contributed by atoms with Crippen LogP contribution in [0.25, 0.3) is 0 Å². The van der Waals surface area contributed by atoms with Crippen LogP contribution in [0.5, 0.6) is 0 Å². The van der Waals surface area contributed by atoms with Gasteiger partial charge in [0.1, 0.15) is 5.82 Å². The molecule has 0 amide bonds. The van der Waals surface area contributed by atoms with Gasteiger partial charge in [0.05, 0.1) is 0 Å². The van der Waals surface area contributed by atoms with E-state index in [0.29, 0.717) is 18.2 Å². The topological polar surface area (TPSA) is 65.1 Å². The fraction of sp³-hybridized carbons (Fsp3) is 0.533. The predicted molar refractivity (Wildman–Crippen MR) is 78.8 cm³/mol. The third-order valence-electron chi connectivity index (χ3n) is 4.44. The van der Waals surface area contributed by atoms with Gasteiger partial charge in [0, 0.05) is 37.8 Å². The number of benzene rings is 1. The van der Waals surface area contributed by atoms with Gasteiger partial charge < -0.3 is 10.9 Å². The molecule has 2 aliphatic heterocycles. The Hall–Kier alpha value is -1.66. The number of nitrogens with two attached hydrogens (primary N) is 1. The van der Waals surface area contributed by atoms with Gasteiger partial charge in [-0.15, -0.1) is 0 Å². The summed E-state index contributed by atoms with van der Waals surface area (Å²) in [6.45, 7) is 5.05. The van der Waals surface area contributed by atoms with E-state index in [1.165, 1.54) is 31.5 Å². The molecule has 3 N–H and O–H groups in total.